The van der Waals surface area contributed by atoms with E-state index in [1.807, 2.05) is 78.5 Å². The largest absolute Gasteiger partial charge is 0.348 e. The number of rotatable bonds is 7. The first-order valence-corrected chi connectivity index (χ1v) is 23.9. The summed E-state index contributed by atoms with van der Waals surface area (Å²) in [5.41, 5.74) is 14.1. The number of hydrogen-bond donors (Lipinski definition) is 1. The highest BCUT2D eigenvalue weighted by molar-refractivity contribution is 7.99. The Kier molecular flexibility index (Phi) is 9.75. The Morgan fingerprint density at radius 3 is 1.68 bits per heavy atom. The second-order valence-corrected chi connectivity index (χ2v) is 18.6. The van der Waals surface area contributed by atoms with E-state index in [1.54, 1.807) is 0 Å². The smallest absolute Gasteiger partial charge is 0.164 e. The van der Waals surface area contributed by atoms with Gasteiger partial charge in [0, 0.05) is 38.0 Å². The summed E-state index contributed by atoms with van der Waals surface area (Å²) in [5.74, 6) is 3.41. The third-order valence-electron chi connectivity index (χ3n) is 13.5. The fourth-order valence-corrected chi connectivity index (χ4v) is 11.6. The van der Waals surface area contributed by atoms with Crippen LogP contribution in [0, 0.1) is 5.92 Å². The van der Waals surface area contributed by atoms with Gasteiger partial charge in [0.25, 0.3) is 0 Å². The van der Waals surface area contributed by atoms with Crippen LogP contribution in [0.5, 0.6) is 0 Å². The summed E-state index contributed by atoms with van der Waals surface area (Å²) in [6, 6.07) is 71.2. The number of hydrogen-bond acceptors (Lipinski definition) is 7. The van der Waals surface area contributed by atoms with E-state index >= 15 is 0 Å². The van der Waals surface area contributed by atoms with Gasteiger partial charge in [0.1, 0.15) is 12.0 Å². The first kappa shape index (κ1) is 40.1. The molecule has 4 aliphatic rings. The minimum absolute atomic E-state index is 0.0866. The Hall–Kier alpha value is -8.26. The van der Waals surface area contributed by atoms with Crippen molar-refractivity contribution in [2.45, 2.75) is 27.8 Å². The second-order valence-electron chi connectivity index (χ2n) is 17.6. The monoisotopic (exact) mass is 890 g/mol. The Morgan fingerprint density at radius 2 is 1.01 bits per heavy atom. The van der Waals surface area contributed by atoms with Crippen LogP contribution < -0.4 is 5.32 Å². The number of benzene rings is 8. The number of aliphatic imine (C=N–C) groups is 2. The van der Waals surface area contributed by atoms with Crippen molar-refractivity contribution >= 4 is 23.4 Å². The van der Waals surface area contributed by atoms with Crippen molar-refractivity contribution in [2.24, 2.45) is 15.9 Å². The summed E-state index contributed by atoms with van der Waals surface area (Å²) in [4.78, 5) is 28.7. The van der Waals surface area contributed by atoms with Crippen LogP contribution in [0.15, 0.2) is 244 Å². The molecule has 0 saturated heterocycles. The fourth-order valence-electron chi connectivity index (χ4n) is 10.4. The number of amidine groups is 2. The summed E-state index contributed by atoms with van der Waals surface area (Å²) in [6.45, 7) is 0. The van der Waals surface area contributed by atoms with Gasteiger partial charge in [-0.2, -0.15) is 0 Å². The molecule has 68 heavy (non-hydrogen) atoms. The third-order valence-corrected chi connectivity index (χ3v) is 14.7. The molecule has 2 aliphatic carbocycles. The van der Waals surface area contributed by atoms with E-state index in [1.165, 1.54) is 43.2 Å². The van der Waals surface area contributed by atoms with Crippen molar-refractivity contribution in [3.05, 3.63) is 258 Å². The predicted molar refractivity (Wildman–Crippen MR) is 276 cm³/mol. The highest BCUT2D eigenvalue weighted by Gasteiger charge is 2.50. The number of nitrogens with one attached hydrogen (secondary N) is 1. The summed E-state index contributed by atoms with van der Waals surface area (Å²) >= 11 is 1.85. The zero-order valence-corrected chi connectivity index (χ0v) is 37.7. The van der Waals surface area contributed by atoms with Gasteiger partial charge < -0.3 is 5.32 Å². The molecule has 0 saturated carbocycles. The SMILES string of the molecule is C1=CCC(C2=NC(c3cc(-c4ccc5c(c4)Sc4ccccc4C54c5ccccc5-c5ccccc54)cc(-c4nc(-c5ccccc5)nc(-c5ccccc5)n4)c3)=NC(c3ccccc3)N2)C=C1. The molecule has 1 spiro atoms. The minimum Gasteiger partial charge on any atom is -0.348 e. The summed E-state index contributed by atoms with van der Waals surface area (Å²) in [5, 5.41) is 3.71. The molecule has 1 aromatic heterocycles. The van der Waals surface area contributed by atoms with Gasteiger partial charge in [-0.1, -0.05) is 206 Å². The average Bonchev–Trinajstić information content (AvgIpc) is 3.71. The van der Waals surface area contributed by atoms with Gasteiger partial charge in [-0.15, -0.1) is 0 Å². The molecule has 0 bridgehead atoms. The van der Waals surface area contributed by atoms with E-state index in [2.05, 4.69) is 163 Å². The van der Waals surface area contributed by atoms with Gasteiger partial charge in [0.15, 0.2) is 23.3 Å². The molecule has 0 radical (unpaired) electrons. The van der Waals surface area contributed by atoms with Crippen molar-refractivity contribution in [1.29, 1.82) is 0 Å². The lowest BCUT2D eigenvalue weighted by Gasteiger charge is -2.39. The molecule has 3 heterocycles. The van der Waals surface area contributed by atoms with Crippen molar-refractivity contribution in [1.82, 2.24) is 20.3 Å². The Morgan fingerprint density at radius 1 is 0.456 bits per heavy atom. The van der Waals surface area contributed by atoms with Gasteiger partial charge in [-0.3, -0.25) is 0 Å². The standard InChI is InChI=1S/C61H42N6S/c1-5-19-39(20-6-1)55-62-56(40-21-7-2-8-22-40)65-59(64-55)45-35-44(36-46(37-45)60-66-57(41-23-9-3-10-24-41)63-58(67-60)42-25-11-4-12-26-42)43-33-34-52-54(38-43)68-53-32-18-17-31-51(53)61(52)49-29-15-13-27-47(49)48-28-14-16-30-50(48)61/h1-25,27-38,42,57H,26H2,(H,63,66,67). The number of fused-ring (bicyclic) bond motifs is 9. The second kappa shape index (κ2) is 16.6. The lowest BCUT2D eigenvalue weighted by Crippen LogP contribution is -2.37. The molecule has 7 heteroatoms. The van der Waals surface area contributed by atoms with Crippen LogP contribution in [0.2, 0.25) is 0 Å². The van der Waals surface area contributed by atoms with Gasteiger partial charge >= 0.3 is 0 Å². The van der Waals surface area contributed by atoms with Gasteiger partial charge in [0.2, 0.25) is 0 Å². The van der Waals surface area contributed by atoms with E-state index < -0.39 is 5.41 Å². The number of allylic oxidation sites excluding steroid dienone is 3. The van der Waals surface area contributed by atoms with Crippen molar-refractivity contribution < 1.29 is 0 Å². The van der Waals surface area contributed by atoms with Crippen LogP contribution in [-0.2, 0) is 5.41 Å². The van der Waals surface area contributed by atoms with Gasteiger partial charge in [0.05, 0.1) is 5.41 Å². The van der Waals surface area contributed by atoms with E-state index in [4.69, 9.17) is 24.9 Å². The molecule has 2 unspecified atom stereocenters. The zero-order chi connectivity index (χ0) is 45.0. The van der Waals surface area contributed by atoms with Crippen LogP contribution in [0.25, 0.3) is 56.4 Å². The predicted octanol–water partition coefficient (Wildman–Crippen LogP) is 13.9. The summed E-state index contributed by atoms with van der Waals surface area (Å²) in [6.07, 6.45) is 9.15. The molecule has 1 N–H and O–H groups in total. The van der Waals surface area contributed by atoms with Crippen LogP contribution in [0.4, 0.5) is 0 Å². The topological polar surface area (TPSA) is 75.4 Å². The first-order chi connectivity index (χ1) is 33.7. The van der Waals surface area contributed by atoms with E-state index in [9.17, 15) is 0 Å². The average molecular weight is 891 g/mol. The minimum atomic E-state index is -0.466. The Balaban J connectivity index is 1.03. The summed E-state index contributed by atoms with van der Waals surface area (Å²) < 4.78 is 0. The van der Waals surface area contributed by atoms with Crippen molar-refractivity contribution in [2.75, 3.05) is 0 Å². The maximum Gasteiger partial charge on any atom is 0.164 e. The zero-order valence-electron chi connectivity index (χ0n) is 36.9. The highest BCUT2D eigenvalue weighted by Crippen LogP contribution is 2.62. The van der Waals surface area contributed by atoms with Crippen LogP contribution in [0.1, 0.15) is 46.0 Å². The molecular weight excluding hydrogens is 849 g/mol. The molecule has 13 rings (SSSR count). The first-order valence-electron chi connectivity index (χ1n) is 23.1. The van der Waals surface area contributed by atoms with Crippen molar-refractivity contribution in [3.63, 3.8) is 0 Å². The molecule has 6 nitrogen and oxygen atoms in total. The maximum absolute atomic E-state index is 5.37. The quantitative estimate of drug-likeness (QED) is 0.173. The number of nitrogens with zero attached hydrogens (tertiary/aromatic N) is 5. The third kappa shape index (κ3) is 6.77. The molecule has 0 fully saturated rings. The highest BCUT2D eigenvalue weighted by atomic mass is 32.2. The molecule has 2 atom stereocenters. The Labute approximate surface area is 399 Å². The van der Waals surface area contributed by atoms with Crippen LogP contribution >= 0.6 is 11.8 Å². The van der Waals surface area contributed by atoms with Gasteiger partial charge in [-0.25, -0.2) is 24.9 Å². The fraction of sp³-hybridized carbons (Fsp3) is 0.0656. The lowest BCUT2D eigenvalue weighted by atomic mass is 9.67. The van der Waals surface area contributed by atoms with Crippen LogP contribution in [-0.4, -0.2) is 26.6 Å². The molecule has 9 aromatic rings. The molecule has 0 amide bonds. The lowest BCUT2D eigenvalue weighted by molar-refractivity contribution is 0.642. The normalized spacial score (nSPS) is 17.0. The molecule has 8 aromatic carbocycles. The van der Waals surface area contributed by atoms with E-state index in [-0.39, 0.29) is 12.1 Å². The van der Waals surface area contributed by atoms with E-state index in [0.29, 0.717) is 23.3 Å². The molecule has 322 valence electrons. The summed E-state index contributed by atoms with van der Waals surface area (Å²) in [7, 11) is 0. The van der Waals surface area contributed by atoms with Gasteiger partial charge in [-0.05, 0) is 86.8 Å². The Bertz CT molecular complexity index is 3460. The molecule has 2 aliphatic heterocycles. The molecular formula is C61H42N6S. The van der Waals surface area contributed by atoms with Crippen molar-refractivity contribution in [3.8, 4) is 56.4 Å². The number of aromatic nitrogens is 3. The maximum atomic E-state index is 5.37. The van der Waals surface area contributed by atoms with E-state index in [0.717, 1.165) is 51.2 Å². The van der Waals surface area contributed by atoms with Crippen LogP contribution in [0.3, 0.4) is 0 Å².